The molecular weight excluding hydrogens is 399 g/mol. The fourth-order valence-electron chi connectivity index (χ4n) is 2.87. The molecule has 0 saturated carbocycles. The molecule has 1 saturated heterocycles. The number of halogens is 1. The lowest BCUT2D eigenvalue weighted by Gasteiger charge is -2.26. The number of anilines is 1. The van der Waals surface area contributed by atoms with Gasteiger partial charge in [0.1, 0.15) is 11.6 Å². The van der Waals surface area contributed by atoms with E-state index in [2.05, 4.69) is 5.32 Å². The van der Waals surface area contributed by atoms with E-state index in [-0.39, 0.29) is 16.6 Å². The molecule has 0 aromatic heterocycles. The highest BCUT2D eigenvalue weighted by Gasteiger charge is 2.26. The second kappa shape index (κ2) is 9.34. The van der Waals surface area contributed by atoms with Crippen molar-refractivity contribution < 1.29 is 27.1 Å². The average molecular weight is 422 g/mol. The van der Waals surface area contributed by atoms with E-state index in [1.165, 1.54) is 52.8 Å². The monoisotopic (exact) mass is 422 g/mol. The van der Waals surface area contributed by atoms with Crippen molar-refractivity contribution in [1.82, 2.24) is 4.31 Å². The maximum absolute atomic E-state index is 13.0. The molecule has 0 bridgehead atoms. The molecule has 156 valence electrons. The number of nitrogens with zero attached hydrogens (tertiary/aromatic N) is 1. The minimum Gasteiger partial charge on any atom is -0.481 e. The Morgan fingerprint density at radius 1 is 1.14 bits per heavy atom. The molecule has 2 aromatic rings. The van der Waals surface area contributed by atoms with Gasteiger partial charge >= 0.3 is 0 Å². The van der Waals surface area contributed by atoms with Crippen molar-refractivity contribution in [2.45, 2.75) is 24.3 Å². The first kappa shape index (κ1) is 21.2. The molecule has 1 aliphatic rings. The van der Waals surface area contributed by atoms with Crippen molar-refractivity contribution in [3.63, 3.8) is 0 Å². The van der Waals surface area contributed by atoms with Gasteiger partial charge in [-0.3, -0.25) is 4.79 Å². The van der Waals surface area contributed by atoms with E-state index in [9.17, 15) is 17.6 Å². The highest BCUT2D eigenvalue weighted by atomic mass is 32.2. The van der Waals surface area contributed by atoms with E-state index in [1.807, 2.05) is 0 Å². The summed E-state index contributed by atoms with van der Waals surface area (Å²) < 4.78 is 50.5. The number of carbonyl (C=O) groups excluding carboxylic acids is 1. The quantitative estimate of drug-likeness (QED) is 0.742. The summed E-state index contributed by atoms with van der Waals surface area (Å²) in [6, 6.07) is 11.4. The van der Waals surface area contributed by atoms with Crippen LogP contribution in [0.25, 0.3) is 0 Å². The number of ether oxygens (including phenoxy) is 2. The number of amides is 1. The summed E-state index contributed by atoms with van der Waals surface area (Å²) in [5.41, 5.74) is 0.456. The van der Waals surface area contributed by atoms with Crippen LogP contribution in [0.1, 0.15) is 13.3 Å². The number of benzene rings is 2. The van der Waals surface area contributed by atoms with Crippen LogP contribution < -0.4 is 10.1 Å². The Labute approximate surface area is 169 Å². The summed E-state index contributed by atoms with van der Waals surface area (Å²) in [5.74, 6) is -0.372. The molecule has 1 aliphatic heterocycles. The number of hydrogen-bond acceptors (Lipinski definition) is 5. The molecule has 29 heavy (non-hydrogen) atoms. The predicted octanol–water partition coefficient (Wildman–Crippen LogP) is 2.64. The molecule has 0 unspecified atom stereocenters. The van der Waals surface area contributed by atoms with E-state index in [0.717, 1.165) is 0 Å². The minimum atomic E-state index is -3.59. The summed E-state index contributed by atoms with van der Waals surface area (Å²) in [6.07, 6.45) is -0.357. The van der Waals surface area contributed by atoms with E-state index in [4.69, 9.17) is 9.47 Å². The summed E-state index contributed by atoms with van der Waals surface area (Å²) >= 11 is 0. The van der Waals surface area contributed by atoms with Gasteiger partial charge in [-0.25, -0.2) is 12.8 Å². The van der Waals surface area contributed by atoms with Crippen LogP contribution in [0.4, 0.5) is 10.1 Å². The molecule has 9 heteroatoms. The maximum Gasteiger partial charge on any atom is 0.265 e. The van der Waals surface area contributed by atoms with Gasteiger partial charge in [0, 0.05) is 18.8 Å². The molecule has 1 fully saturated rings. The van der Waals surface area contributed by atoms with Crippen molar-refractivity contribution in [2.24, 2.45) is 0 Å². The fourth-order valence-corrected chi connectivity index (χ4v) is 4.28. The first-order valence-electron chi connectivity index (χ1n) is 9.31. The van der Waals surface area contributed by atoms with Crippen LogP contribution in [0.3, 0.4) is 0 Å². The Morgan fingerprint density at radius 2 is 1.76 bits per heavy atom. The maximum atomic E-state index is 13.0. The van der Waals surface area contributed by atoms with E-state index >= 15 is 0 Å². The Morgan fingerprint density at radius 3 is 2.34 bits per heavy atom. The third-order valence-electron chi connectivity index (χ3n) is 4.48. The van der Waals surface area contributed by atoms with E-state index in [1.54, 1.807) is 6.92 Å². The third kappa shape index (κ3) is 5.31. The van der Waals surface area contributed by atoms with E-state index < -0.39 is 16.1 Å². The normalized spacial score (nSPS) is 16.2. The second-order valence-corrected chi connectivity index (χ2v) is 8.44. The number of morpholine rings is 1. The summed E-state index contributed by atoms with van der Waals surface area (Å²) in [4.78, 5) is 12.7. The molecule has 1 heterocycles. The fraction of sp³-hybridized carbons (Fsp3) is 0.350. The van der Waals surface area contributed by atoms with Gasteiger partial charge in [0.05, 0.1) is 18.1 Å². The summed E-state index contributed by atoms with van der Waals surface area (Å²) in [5, 5.41) is 2.72. The third-order valence-corrected chi connectivity index (χ3v) is 6.40. The molecule has 0 aliphatic carbocycles. The summed E-state index contributed by atoms with van der Waals surface area (Å²) in [7, 11) is -3.59. The molecule has 1 amide bonds. The van der Waals surface area contributed by atoms with Crippen molar-refractivity contribution in [3.05, 3.63) is 54.3 Å². The van der Waals surface area contributed by atoms with Crippen molar-refractivity contribution in [1.29, 1.82) is 0 Å². The molecule has 1 atom stereocenters. The van der Waals surface area contributed by atoms with Crippen LogP contribution in [-0.2, 0) is 19.6 Å². The lowest BCUT2D eigenvalue weighted by molar-refractivity contribution is -0.122. The molecule has 2 aromatic carbocycles. The zero-order chi connectivity index (χ0) is 20.9. The van der Waals surface area contributed by atoms with Gasteiger partial charge in [0.15, 0.2) is 6.10 Å². The van der Waals surface area contributed by atoms with E-state index in [0.29, 0.717) is 44.2 Å². The minimum absolute atomic E-state index is 0.159. The Hall–Kier alpha value is -2.49. The molecule has 0 radical (unpaired) electrons. The standard InChI is InChI=1S/C20H23FN2O5S/c1-2-19(28-17-7-3-15(21)4-8-17)20(24)22-16-5-9-18(10-6-16)29(25,26)23-11-13-27-14-12-23/h3-10,19H,2,11-14H2,1H3,(H,22,24)/t19-/m1/s1. The molecule has 7 nitrogen and oxygen atoms in total. The van der Waals surface area contributed by atoms with Crippen LogP contribution in [0.2, 0.25) is 0 Å². The van der Waals surface area contributed by atoms with Gasteiger partial charge in [-0.05, 0) is 55.0 Å². The van der Waals surface area contributed by atoms with Crippen molar-refractivity contribution in [3.8, 4) is 5.75 Å². The van der Waals surface area contributed by atoms with Crippen LogP contribution >= 0.6 is 0 Å². The zero-order valence-electron chi connectivity index (χ0n) is 16.0. The Kier molecular flexibility index (Phi) is 6.83. The zero-order valence-corrected chi connectivity index (χ0v) is 16.8. The second-order valence-electron chi connectivity index (χ2n) is 6.50. The van der Waals surface area contributed by atoms with Crippen LogP contribution in [-0.4, -0.2) is 51.0 Å². The van der Waals surface area contributed by atoms with Gasteiger partial charge in [-0.2, -0.15) is 4.31 Å². The van der Waals surface area contributed by atoms with Gasteiger partial charge in [0.25, 0.3) is 5.91 Å². The summed E-state index contributed by atoms with van der Waals surface area (Å²) in [6.45, 7) is 3.19. The van der Waals surface area contributed by atoms with Crippen LogP contribution in [0.15, 0.2) is 53.4 Å². The SMILES string of the molecule is CC[C@@H](Oc1ccc(F)cc1)C(=O)Nc1ccc(S(=O)(=O)N2CCOCC2)cc1. The molecule has 1 N–H and O–H groups in total. The van der Waals surface area contributed by atoms with Gasteiger partial charge < -0.3 is 14.8 Å². The van der Waals surface area contributed by atoms with Gasteiger partial charge in [-0.1, -0.05) is 6.92 Å². The smallest absolute Gasteiger partial charge is 0.265 e. The number of carbonyl (C=O) groups is 1. The first-order valence-corrected chi connectivity index (χ1v) is 10.7. The van der Waals surface area contributed by atoms with Crippen LogP contribution in [0.5, 0.6) is 5.75 Å². The number of rotatable bonds is 7. The Bertz CT molecular complexity index is 926. The topological polar surface area (TPSA) is 84.9 Å². The predicted molar refractivity (Wildman–Crippen MR) is 106 cm³/mol. The van der Waals surface area contributed by atoms with Crippen molar-refractivity contribution in [2.75, 3.05) is 31.6 Å². The van der Waals surface area contributed by atoms with Crippen molar-refractivity contribution >= 4 is 21.6 Å². The molecular formula is C20H23FN2O5S. The van der Waals surface area contributed by atoms with Crippen LogP contribution in [0, 0.1) is 5.82 Å². The highest BCUT2D eigenvalue weighted by molar-refractivity contribution is 7.89. The molecule has 3 rings (SSSR count). The Balaban J connectivity index is 1.64. The largest absolute Gasteiger partial charge is 0.481 e. The first-order chi connectivity index (χ1) is 13.9. The van der Waals surface area contributed by atoms with Gasteiger partial charge in [-0.15, -0.1) is 0 Å². The number of nitrogens with one attached hydrogen (secondary N) is 1. The average Bonchev–Trinajstić information content (AvgIpc) is 2.74. The lowest BCUT2D eigenvalue weighted by Crippen LogP contribution is -2.40. The number of hydrogen-bond donors (Lipinski definition) is 1. The highest BCUT2D eigenvalue weighted by Crippen LogP contribution is 2.20. The van der Waals surface area contributed by atoms with Gasteiger partial charge in [0.2, 0.25) is 10.0 Å². The molecule has 0 spiro atoms. The number of sulfonamides is 1. The lowest BCUT2D eigenvalue weighted by atomic mass is 10.2.